The van der Waals surface area contributed by atoms with E-state index in [9.17, 15) is 9.59 Å². The standard InChI is InChI=1S/C32H35N3O5/c1-7-39-25-15-21-17-31(2,3)35-28(27(21)22-18-32(4,5)40-29(22)25)20-12-11-19(16-26(36)38-6)24(14-20)34-30(37)23-10-8-9-13-33-23/h8-15H,7,16-18H2,1-6H3,(H,34,37). The number of ether oxygens (including phenoxy) is 3. The number of pyridine rings is 1. The van der Waals surface area contributed by atoms with Gasteiger partial charge in [0.2, 0.25) is 0 Å². The Kier molecular flexibility index (Phi) is 7.12. The van der Waals surface area contributed by atoms with Crippen molar-refractivity contribution in [1.82, 2.24) is 4.98 Å². The molecule has 0 aliphatic carbocycles. The summed E-state index contributed by atoms with van der Waals surface area (Å²) >= 11 is 0. The second-order valence-corrected chi connectivity index (χ2v) is 11.4. The SMILES string of the molecule is CCOc1cc2c(c3c1OC(C)(C)C3)C(c1ccc(CC(=O)OC)c(NC(=O)c3ccccn3)c1)=NC(C)(C)C2. The van der Waals surface area contributed by atoms with Crippen molar-refractivity contribution < 1.29 is 23.8 Å². The minimum atomic E-state index is -0.400. The van der Waals surface area contributed by atoms with Gasteiger partial charge in [-0.3, -0.25) is 19.6 Å². The van der Waals surface area contributed by atoms with Gasteiger partial charge in [0.25, 0.3) is 5.91 Å². The number of amides is 1. The van der Waals surface area contributed by atoms with Crippen LogP contribution in [0.1, 0.15) is 72.9 Å². The molecule has 0 bridgehead atoms. The number of esters is 1. The van der Waals surface area contributed by atoms with Crippen molar-refractivity contribution in [3.63, 3.8) is 0 Å². The fourth-order valence-corrected chi connectivity index (χ4v) is 5.45. The highest BCUT2D eigenvalue weighted by atomic mass is 16.5. The van der Waals surface area contributed by atoms with Crippen LogP contribution in [0, 0.1) is 0 Å². The summed E-state index contributed by atoms with van der Waals surface area (Å²) in [5, 5.41) is 2.96. The van der Waals surface area contributed by atoms with Crippen molar-refractivity contribution >= 4 is 23.3 Å². The van der Waals surface area contributed by atoms with Gasteiger partial charge in [-0.2, -0.15) is 0 Å². The first kappa shape index (κ1) is 27.4. The monoisotopic (exact) mass is 541 g/mol. The van der Waals surface area contributed by atoms with Gasteiger partial charge in [0.1, 0.15) is 11.3 Å². The molecule has 0 saturated heterocycles. The largest absolute Gasteiger partial charge is 0.490 e. The number of fused-ring (bicyclic) bond motifs is 3. The van der Waals surface area contributed by atoms with Crippen molar-refractivity contribution in [2.45, 2.75) is 65.0 Å². The van der Waals surface area contributed by atoms with E-state index in [0.717, 1.165) is 45.9 Å². The second kappa shape index (κ2) is 10.4. The van der Waals surface area contributed by atoms with Crippen molar-refractivity contribution in [2.24, 2.45) is 4.99 Å². The highest BCUT2D eigenvalue weighted by Gasteiger charge is 2.40. The van der Waals surface area contributed by atoms with Gasteiger partial charge in [0, 0.05) is 35.0 Å². The van der Waals surface area contributed by atoms with Crippen molar-refractivity contribution in [1.29, 1.82) is 0 Å². The predicted molar refractivity (Wildman–Crippen MR) is 154 cm³/mol. The summed E-state index contributed by atoms with van der Waals surface area (Å²) in [6, 6.07) is 12.9. The van der Waals surface area contributed by atoms with Crippen LogP contribution in [-0.4, -0.2) is 47.4 Å². The topological polar surface area (TPSA) is 99.1 Å². The molecule has 40 heavy (non-hydrogen) atoms. The number of benzene rings is 2. The van der Waals surface area contributed by atoms with E-state index in [0.29, 0.717) is 24.3 Å². The number of anilines is 1. The third-order valence-electron chi connectivity index (χ3n) is 7.07. The molecule has 3 aromatic rings. The Morgan fingerprint density at radius 1 is 1.07 bits per heavy atom. The van der Waals surface area contributed by atoms with Gasteiger partial charge in [-0.05, 0) is 76.4 Å². The molecule has 2 aromatic carbocycles. The van der Waals surface area contributed by atoms with Crippen LogP contribution < -0.4 is 14.8 Å². The summed E-state index contributed by atoms with van der Waals surface area (Å²) in [5.41, 5.74) is 5.60. The van der Waals surface area contributed by atoms with E-state index in [1.165, 1.54) is 7.11 Å². The van der Waals surface area contributed by atoms with Crippen molar-refractivity contribution in [3.05, 3.63) is 82.2 Å². The number of carbonyl (C=O) groups is 2. The van der Waals surface area contributed by atoms with Crippen LogP contribution in [0.4, 0.5) is 5.69 Å². The maximum atomic E-state index is 13.1. The molecular formula is C32H35N3O5. The molecule has 0 radical (unpaired) electrons. The molecule has 1 N–H and O–H groups in total. The van der Waals surface area contributed by atoms with E-state index >= 15 is 0 Å². The highest BCUT2D eigenvalue weighted by molar-refractivity contribution is 6.17. The molecule has 2 aliphatic heterocycles. The lowest BCUT2D eigenvalue weighted by atomic mass is 9.80. The molecule has 208 valence electrons. The number of hydrogen-bond donors (Lipinski definition) is 1. The molecule has 3 heterocycles. The maximum Gasteiger partial charge on any atom is 0.310 e. The smallest absolute Gasteiger partial charge is 0.310 e. The Morgan fingerprint density at radius 3 is 2.58 bits per heavy atom. The fourth-order valence-electron chi connectivity index (χ4n) is 5.45. The van der Waals surface area contributed by atoms with Gasteiger partial charge in [-0.25, -0.2) is 0 Å². The van der Waals surface area contributed by atoms with E-state index in [1.54, 1.807) is 24.4 Å². The lowest BCUT2D eigenvalue weighted by Gasteiger charge is -2.31. The Bertz CT molecular complexity index is 1510. The summed E-state index contributed by atoms with van der Waals surface area (Å²) in [7, 11) is 1.35. The average Bonchev–Trinajstić information content (AvgIpc) is 3.24. The van der Waals surface area contributed by atoms with E-state index in [2.05, 4.69) is 44.1 Å². The Hall–Kier alpha value is -4.20. The van der Waals surface area contributed by atoms with Crippen LogP contribution in [0.25, 0.3) is 0 Å². The second-order valence-electron chi connectivity index (χ2n) is 11.4. The van der Waals surface area contributed by atoms with Crippen LogP contribution in [-0.2, 0) is 28.8 Å². The van der Waals surface area contributed by atoms with Crippen LogP contribution in [0.3, 0.4) is 0 Å². The summed E-state index contributed by atoms with van der Waals surface area (Å²) in [6.45, 7) is 10.9. The maximum absolute atomic E-state index is 13.1. The Morgan fingerprint density at radius 2 is 1.88 bits per heavy atom. The fraction of sp³-hybridized carbons (Fsp3) is 0.375. The first-order valence-corrected chi connectivity index (χ1v) is 13.5. The van der Waals surface area contributed by atoms with Crippen LogP contribution >= 0.6 is 0 Å². The molecule has 1 amide bonds. The quantitative estimate of drug-likeness (QED) is 0.406. The van der Waals surface area contributed by atoms with E-state index in [4.69, 9.17) is 19.2 Å². The minimum absolute atomic E-state index is 0.0122. The van der Waals surface area contributed by atoms with Crippen LogP contribution in [0.2, 0.25) is 0 Å². The van der Waals surface area contributed by atoms with Crippen molar-refractivity contribution in [3.8, 4) is 11.5 Å². The van der Waals surface area contributed by atoms with Gasteiger partial charge in [0.05, 0.1) is 31.4 Å². The molecule has 0 saturated carbocycles. The number of nitrogens with zero attached hydrogens (tertiary/aromatic N) is 2. The zero-order valence-corrected chi connectivity index (χ0v) is 23.9. The molecule has 0 unspecified atom stereocenters. The molecule has 8 nitrogen and oxygen atoms in total. The Balaban J connectivity index is 1.65. The number of aromatic nitrogens is 1. The molecule has 2 aliphatic rings. The van der Waals surface area contributed by atoms with Gasteiger partial charge in [-0.15, -0.1) is 0 Å². The first-order chi connectivity index (χ1) is 19.0. The van der Waals surface area contributed by atoms with Gasteiger partial charge >= 0.3 is 5.97 Å². The van der Waals surface area contributed by atoms with Crippen LogP contribution in [0.15, 0.2) is 53.7 Å². The number of aliphatic imine (C=N–C) groups is 1. The normalized spacial score (nSPS) is 16.2. The number of rotatable bonds is 7. The zero-order valence-electron chi connectivity index (χ0n) is 23.9. The number of methoxy groups -OCH3 is 1. The first-order valence-electron chi connectivity index (χ1n) is 13.5. The average molecular weight is 542 g/mol. The van der Waals surface area contributed by atoms with Gasteiger partial charge in [0.15, 0.2) is 11.5 Å². The molecule has 0 fully saturated rings. The minimum Gasteiger partial charge on any atom is -0.490 e. The molecule has 8 heteroatoms. The van der Waals surface area contributed by atoms with E-state index in [1.807, 2.05) is 25.1 Å². The van der Waals surface area contributed by atoms with Gasteiger partial charge in [-0.1, -0.05) is 18.2 Å². The van der Waals surface area contributed by atoms with E-state index < -0.39 is 5.97 Å². The third-order valence-corrected chi connectivity index (χ3v) is 7.07. The summed E-state index contributed by atoms with van der Waals surface area (Å²) < 4.78 is 17.3. The predicted octanol–water partition coefficient (Wildman–Crippen LogP) is 5.33. The zero-order chi connectivity index (χ0) is 28.7. The molecule has 0 atom stereocenters. The summed E-state index contributed by atoms with van der Waals surface area (Å²) in [5.74, 6) is 0.760. The van der Waals surface area contributed by atoms with Crippen LogP contribution in [0.5, 0.6) is 11.5 Å². The van der Waals surface area contributed by atoms with Crippen molar-refractivity contribution in [2.75, 3.05) is 19.0 Å². The van der Waals surface area contributed by atoms with E-state index in [-0.39, 0.29) is 29.2 Å². The Labute approximate surface area is 234 Å². The number of nitrogens with one attached hydrogen (secondary N) is 1. The van der Waals surface area contributed by atoms with Gasteiger partial charge < -0.3 is 19.5 Å². The molecular weight excluding hydrogens is 506 g/mol. The third kappa shape index (κ3) is 5.43. The highest BCUT2D eigenvalue weighted by Crippen LogP contribution is 2.48. The summed E-state index contributed by atoms with van der Waals surface area (Å²) in [6.07, 6.45) is 3.05. The number of hydrogen-bond acceptors (Lipinski definition) is 7. The molecule has 5 rings (SSSR count). The molecule has 1 aromatic heterocycles. The molecule has 0 spiro atoms. The lowest BCUT2D eigenvalue weighted by molar-refractivity contribution is -0.139. The lowest BCUT2D eigenvalue weighted by Crippen LogP contribution is -2.31. The summed E-state index contributed by atoms with van der Waals surface area (Å²) in [4.78, 5) is 34.7. The number of carbonyl (C=O) groups excluding carboxylic acids is 2.